The van der Waals surface area contributed by atoms with Gasteiger partial charge in [-0.15, -0.1) is 10.2 Å². The molecule has 0 amide bonds. The van der Waals surface area contributed by atoms with E-state index in [0.717, 1.165) is 5.75 Å². The van der Waals surface area contributed by atoms with Crippen LogP contribution < -0.4 is 9.47 Å². The molecule has 0 radical (unpaired) electrons. The Bertz CT molecular complexity index is 1180. The van der Waals surface area contributed by atoms with Crippen LogP contribution in [0.3, 0.4) is 0 Å². The van der Waals surface area contributed by atoms with Gasteiger partial charge in [0, 0.05) is 17.0 Å². The minimum Gasteiger partial charge on any atom is -0.497 e. The van der Waals surface area contributed by atoms with Crippen molar-refractivity contribution >= 4 is 11.8 Å². The van der Waals surface area contributed by atoms with Gasteiger partial charge in [0.15, 0.2) is 11.0 Å². The molecule has 1 unspecified atom stereocenters. The molecule has 0 aliphatic heterocycles. The Labute approximate surface area is 193 Å². The Hall–Kier alpha value is -3.43. The normalized spacial score (nSPS) is 11.9. The van der Waals surface area contributed by atoms with Crippen molar-refractivity contribution in [1.82, 2.24) is 14.8 Å². The van der Waals surface area contributed by atoms with Crippen molar-refractivity contribution in [2.24, 2.45) is 0 Å². The number of nitrogens with zero attached hydrogens (tertiary/aromatic N) is 3. The molecule has 4 aromatic rings. The molecule has 9 heteroatoms. The van der Waals surface area contributed by atoms with Gasteiger partial charge in [-0.2, -0.15) is 0 Å². The standard InChI is InChI=1S/C24H21F2N3O3S/c1-31-21-10-12-22(13-11-21)32-14-20(30)15-33-24-28-27-23(16-2-4-17(25)5-3-16)29(24)19-8-6-18(26)7-9-19/h2-13,20,30H,14-15H2,1H3. The lowest BCUT2D eigenvalue weighted by Crippen LogP contribution is -2.20. The maximum atomic E-state index is 13.5. The Kier molecular flexibility index (Phi) is 7.21. The maximum Gasteiger partial charge on any atom is 0.196 e. The smallest absolute Gasteiger partial charge is 0.196 e. The SMILES string of the molecule is COc1ccc(OCC(O)CSc2nnc(-c3ccc(F)cc3)n2-c2ccc(F)cc2)cc1. The van der Waals surface area contributed by atoms with Crippen LogP contribution in [0.1, 0.15) is 0 Å². The fourth-order valence-corrected chi connectivity index (χ4v) is 3.91. The molecule has 1 aromatic heterocycles. The van der Waals surface area contributed by atoms with Crippen LogP contribution in [0, 0.1) is 11.6 Å². The number of aliphatic hydroxyl groups is 1. The van der Waals surface area contributed by atoms with Crippen LogP contribution in [0.2, 0.25) is 0 Å². The molecule has 0 aliphatic carbocycles. The summed E-state index contributed by atoms with van der Waals surface area (Å²) in [5.74, 6) is 1.38. The van der Waals surface area contributed by atoms with Gasteiger partial charge in [0.1, 0.15) is 29.7 Å². The zero-order valence-electron chi connectivity index (χ0n) is 17.7. The van der Waals surface area contributed by atoms with Gasteiger partial charge in [0.2, 0.25) is 0 Å². The number of ether oxygens (including phenoxy) is 2. The number of hydrogen-bond donors (Lipinski definition) is 1. The number of benzene rings is 3. The molecule has 0 saturated carbocycles. The highest BCUT2D eigenvalue weighted by atomic mass is 32.2. The van der Waals surface area contributed by atoms with Gasteiger partial charge in [-0.25, -0.2) is 8.78 Å². The second kappa shape index (κ2) is 10.5. The van der Waals surface area contributed by atoms with Crippen molar-refractivity contribution in [2.75, 3.05) is 19.5 Å². The molecule has 1 N–H and O–H groups in total. The number of methoxy groups -OCH3 is 1. The third-order valence-corrected chi connectivity index (χ3v) is 5.80. The van der Waals surface area contributed by atoms with Crippen LogP contribution >= 0.6 is 11.8 Å². The summed E-state index contributed by atoms with van der Waals surface area (Å²) in [6, 6.07) is 18.9. The summed E-state index contributed by atoms with van der Waals surface area (Å²) < 4.78 is 39.3. The number of rotatable bonds is 9. The number of aliphatic hydroxyl groups excluding tert-OH is 1. The Morgan fingerprint density at radius 3 is 2.12 bits per heavy atom. The molecular weight excluding hydrogens is 448 g/mol. The van der Waals surface area contributed by atoms with E-state index < -0.39 is 6.10 Å². The molecule has 0 aliphatic rings. The topological polar surface area (TPSA) is 69.4 Å². The highest BCUT2D eigenvalue weighted by Crippen LogP contribution is 2.29. The van der Waals surface area contributed by atoms with Crippen LogP contribution in [0.5, 0.6) is 11.5 Å². The van der Waals surface area contributed by atoms with Crippen LogP contribution in [0.15, 0.2) is 78.0 Å². The van der Waals surface area contributed by atoms with Gasteiger partial charge in [-0.05, 0) is 72.8 Å². The van der Waals surface area contributed by atoms with E-state index in [1.165, 1.54) is 36.0 Å². The lowest BCUT2D eigenvalue weighted by atomic mass is 10.2. The minimum absolute atomic E-state index is 0.0921. The van der Waals surface area contributed by atoms with E-state index >= 15 is 0 Å². The van der Waals surface area contributed by atoms with Crippen molar-refractivity contribution in [1.29, 1.82) is 0 Å². The number of hydrogen-bond acceptors (Lipinski definition) is 6. The van der Waals surface area contributed by atoms with E-state index in [9.17, 15) is 13.9 Å². The van der Waals surface area contributed by atoms with Gasteiger partial charge in [0.05, 0.1) is 13.2 Å². The second-order valence-corrected chi connectivity index (χ2v) is 8.06. The molecule has 1 atom stereocenters. The van der Waals surface area contributed by atoms with Crippen molar-refractivity contribution < 1.29 is 23.4 Å². The van der Waals surface area contributed by atoms with Gasteiger partial charge >= 0.3 is 0 Å². The predicted molar refractivity (Wildman–Crippen MR) is 122 cm³/mol. The first-order valence-corrected chi connectivity index (χ1v) is 11.1. The first kappa shape index (κ1) is 22.8. The fraction of sp³-hybridized carbons (Fsp3) is 0.167. The molecule has 6 nitrogen and oxygen atoms in total. The summed E-state index contributed by atoms with van der Waals surface area (Å²) in [7, 11) is 1.59. The molecule has 0 bridgehead atoms. The molecule has 33 heavy (non-hydrogen) atoms. The fourth-order valence-electron chi connectivity index (χ4n) is 3.06. The van der Waals surface area contributed by atoms with Crippen molar-refractivity contribution in [3.05, 3.63) is 84.4 Å². The monoisotopic (exact) mass is 469 g/mol. The molecule has 0 fully saturated rings. The Morgan fingerprint density at radius 1 is 0.879 bits per heavy atom. The lowest BCUT2D eigenvalue weighted by molar-refractivity contribution is 0.126. The zero-order valence-corrected chi connectivity index (χ0v) is 18.5. The molecule has 3 aromatic carbocycles. The highest BCUT2D eigenvalue weighted by molar-refractivity contribution is 7.99. The van der Waals surface area contributed by atoms with Crippen molar-refractivity contribution in [2.45, 2.75) is 11.3 Å². The average Bonchev–Trinajstić information content (AvgIpc) is 3.26. The molecular formula is C24H21F2N3O3S. The first-order chi connectivity index (χ1) is 16.0. The number of thioether (sulfide) groups is 1. The van der Waals surface area contributed by atoms with Gasteiger partial charge in [-0.1, -0.05) is 11.8 Å². The van der Waals surface area contributed by atoms with Crippen LogP contribution in [-0.2, 0) is 0 Å². The maximum absolute atomic E-state index is 13.5. The van der Waals surface area contributed by atoms with Crippen LogP contribution in [0.25, 0.3) is 17.1 Å². The number of halogens is 2. The van der Waals surface area contributed by atoms with Gasteiger partial charge in [0.25, 0.3) is 0 Å². The van der Waals surface area contributed by atoms with Gasteiger partial charge in [-0.3, -0.25) is 4.57 Å². The zero-order chi connectivity index (χ0) is 23.2. The summed E-state index contributed by atoms with van der Waals surface area (Å²) in [5.41, 5.74) is 1.30. The quantitative estimate of drug-likeness (QED) is 0.357. The van der Waals surface area contributed by atoms with E-state index in [0.29, 0.717) is 33.7 Å². The molecule has 1 heterocycles. The Morgan fingerprint density at radius 2 is 1.48 bits per heavy atom. The second-order valence-electron chi connectivity index (χ2n) is 7.08. The predicted octanol–water partition coefficient (Wildman–Crippen LogP) is 4.75. The summed E-state index contributed by atoms with van der Waals surface area (Å²) in [6.07, 6.45) is -0.773. The molecule has 0 spiro atoms. The molecule has 4 rings (SSSR count). The number of aromatic nitrogens is 3. The first-order valence-electron chi connectivity index (χ1n) is 10.1. The van der Waals surface area contributed by atoms with Crippen molar-refractivity contribution in [3.8, 4) is 28.6 Å². The van der Waals surface area contributed by atoms with E-state index in [2.05, 4.69) is 10.2 Å². The Balaban J connectivity index is 1.49. The molecule has 0 saturated heterocycles. The average molecular weight is 470 g/mol. The van der Waals surface area contributed by atoms with E-state index in [4.69, 9.17) is 9.47 Å². The summed E-state index contributed by atoms with van der Waals surface area (Å²) in [4.78, 5) is 0. The third kappa shape index (κ3) is 5.68. The summed E-state index contributed by atoms with van der Waals surface area (Å²) in [5, 5.41) is 19.4. The summed E-state index contributed by atoms with van der Waals surface area (Å²) in [6.45, 7) is 0.0921. The molecule has 170 valence electrons. The lowest BCUT2D eigenvalue weighted by Gasteiger charge is -2.14. The third-order valence-electron chi connectivity index (χ3n) is 4.73. The van der Waals surface area contributed by atoms with Crippen molar-refractivity contribution in [3.63, 3.8) is 0 Å². The van der Waals surface area contributed by atoms with E-state index in [-0.39, 0.29) is 18.2 Å². The van der Waals surface area contributed by atoms with E-state index in [1.54, 1.807) is 60.2 Å². The van der Waals surface area contributed by atoms with Crippen LogP contribution in [-0.4, -0.2) is 45.4 Å². The van der Waals surface area contributed by atoms with E-state index in [1.807, 2.05) is 0 Å². The highest BCUT2D eigenvalue weighted by Gasteiger charge is 2.18. The van der Waals surface area contributed by atoms with Crippen LogP contribution in [0.4, 0.5) is 8.78 Å². The summed E-state index contributed by atoms with van der Waals surface area (Å²) >= 11 is 1.29. The van der Waals surface area contributed by atoms with Gasteiger partial charge < -0.3 is 14.6 Å². The largest absolute Gasteiger partial charge is 0.497 e. The minimum atomic E-state index is -0.773.